The fraction of sp³-hybridized carbons (Fsp3) is 0.385. The lowest BCUT2D eigenvalue weighted by atomic mass is 9.90. The van der Waals surface area contributed by atoms with E-state index in [1.54, 1.807) is 0 Å². The van der Waals surface area contributed by atoms with Crippen LogP contribution in [-0.2, 0) is 0 Å². The number of nitrogens with zero attached hydrogens (tertiary/aromatic N) is 3. The fourth-order valence-electron chi connectivity index (χ4n) is 5.55. The minimum Gasteiger partial charge on any atom is -0.352 e. The molecule has 1 aliphatic heterocycles. The van der Waals surface area contributed by atoms with Gasteiger partial charge < -0.3 is 14.8 Å². The van der Waals surface area contributed by atoms with Gasteiger partial charge in [0.1, 0.15) is 0 Å². The number of nitrogens with one attached hydrogen (secondary N) is 1. The molecule has 1 N–H and O–H groups in total. The van der Waals surface area contributed by atoms with Gasteiger partial charge in [0.05, 0.1) is 17.8 Å². The fourth-order valence-corrected chi connectivity index (χ4v) is 6.12. The van der Waals surface area contributed by atoms with Gasteiger partial charge >= 0.3 is 0 Å². The molecule has 2 atom stereocenters. The van der Waals surface area contributed by atoms with Gasteiger partial charge in [-0.2, -0.15) is 0 Å². The summed E-state index contributed by atoms with van der Waals surface area (Å²) in [6, 6.07) is 17.1. The Kier molecular flexibility index (Phi) is 5.95. The van der Waals surface area contributed by atoms with Crippen LogP contribution in [0.2, 0.25) is 5.02 Å². The van der Waals surface area contributed by atoms with Gasteiger partial charge in [-0.25, -0.2) is 0 Å². The zero-order chi connectivity index (χ0) is 22.2. The lowest BCUT2D eigenvalue weighted by Crippen LogP contribution is -2.40. The minimum absolute atomic E-state index is 0.0268. The molecule has 2 fully saturated rings. The van der Waals surface area contributed by atoms with Crippen LogP contribution in [0.15, 0.2) is 54.7 Å². The van der Waals surface area contributed by atoms with Gasteiger partial charge in [0, 0.05) is 34.3 Å². The number of aromatic nitrogens is 2. The van der Waals surface area contributed by atoms with E-state index in [-0.39, 0.29) is 12.1 Å². The average molecular weight is 465 g/mol. The van der Waals surface area contributed by atoms with Crippen LogP contribution in [0.25, 0.3) is 5.69 Å². The molecule has 32 heavy (non-hydrogen) atoms. The summed E-state index contributed by atoms with van der Waals surface area (Å²) in [5, 5.41) is 5.23. The van der Waals surface area contributed by atoms with Gasteiger partial charge in [-0.3, -0.25) is 4.98 Å². The molecule has 1 aliphatic carbocycles. The normalized spacial score (nSPS) is 21.7. The third kappa shape index (κ3) is 3.82. The Balaban J connectivity index is 1.63. The highest BCUT2D eigenvalue weighted by Crippen LogP contribution is 2.44. The Bertz CT molecular complexity index is 1120. The quantitative estimate of drug-likeness (QED) is 0.450. The van der Waals surface area contributed by atoms with Gasteiger partial charge in [-0.1, -0.05) is 43.0 Å². The first-order valence-electron chi connectivity index (χ1n) is 11.5. The van der Waals surface area contributed by atoms with Crippen molar-refractivity contribution in [1.82, 2.24) is 19.8 Å². The maximum atomic E-state index is 6.32. The standard InChI is InChI=1S/C26H29ClN4S/c1-17-15-22(18(2)30(17)21-12-8-9-19(27)16-21)25-24(23-13-6-7-14-28-23)29-26(32)31(25)20-10-4-3-5-11-20/h6-9,12-16,20,24-25H,3-5,10-11H2,1-2H3,(H,29,32)/t24-,25-/m0/s1. The Morgan fingerprint density at radius 1 is 1.03 bits per heavy atom. The van der Waals surface area contributed by atoms with Crippen LogP contribution < -0.4 is 5.32 Å². The lowest BCUT2D eigenvalue weighted by molar-refractivity contribution is 0.197. The third-order valence-electron chi connectivity index (χ3n) is 6.96. The topological polar surface area (TPSA) is 33.1 Å². The second-order valence-electron chi connectivity index (χ2n) is 8.97. The zero-order valence-electron chi connectivity index (χ0n) is 18.6. The Hall–Kier alpha value is -2.37. The summed E-state index contributed by atoms with van der Waals surface area (Å²) in [5.41, 5.74) is 5.84. The van der Waals surface area contributed by atoms with Crippen molar-refractivity contribution in [3.8, 4) is 5.69 Å². The lowest BCUT2D eigenvalue weighted by Gasteiger charge is -2.37. The highest BCUT2D eigenvalue weighted by molar-refractivity contribution is 7.80. The van der Waals surface area contributed by atoms with Gasteiger partial charge in [0.2, 0.25) is 0 Å². The molecule has 0 bridgehead atoms. The van der Waals surface area contributed by atoms with E-state index in [2.05, 4.69) is 52.9 Å². The van der Waals surface area contributed by atoms with E-state index in [4.69, 9.17) is 28.8 Å². The second-order valence-corrected chi connectivity index (χ2v) is 9.79. The molecule has 3 heterocycles. The summed E-state index contributed by atoms with van der Waals surface area (Å²) in [6.07, 6.45) is 8.12. The minimum atomic E-state index is 0.0268. The van der Waals surface area contributed by atoms with Crippen molar-refractivity contribution in [3.05, 3.63) is 82.4 Å². The second kappa shape index (κ2) is 8.87. The molecular weight excluding hydrogens is 436 g/mol. The Labute approximate surface area is 200 Å². The number of aryl methyl sites for hydroxylation is 1. The SMILES string of the molecule is Cc1cc([C@H]2[C@H](c3ccccn3)NC(=S)N2C2CCCCC2)c(C)n1-c1cccc(Cl)c1. The number of thiocarbonyl (C=S) groups is 1. The molecular formula is C26H29ClN4S. The molecule has 0 radical (unpaired) electrons. The van der Waals surface area contributed by atoms with E-state index < -0.39 is 0 Å². The van der Waals surface area contributed by atoms with E-state index in [0.717, 1.165) is 21.5 Å². The maximum Gasteiger partial charge on any atom is 0.170 e. The molecule has 0 unspecified atom stereocenters. The van der Waals surface area contributed by atoms with Crippen LogP contribution in [0.1, 0.15) is 66.8 Å². The summed E-state index contributed by atoms with van der Waals surface area (Å²) in [6.45, 7) is 4.37. The molecule has 5 rings (SSSR count). The van der Waals surface area contributed by atoms with Crippen molar-refractivity contribution < 1.29 is 0 Å². The van der Waals surface area contributed by atoms with Crippen LogP contribution in [0.4, 0.5) is 0 Å². The molecule has 2 aromatic heterocycles. The van der Waals surface area contributed by atoms with E-state index >= 15 is 0 Å². The number of pyridine rings is 1. The summed E-state index contributed by atoms with van der Waals surface area (Å²) in [7, 11) is 0. The molecule has 4 nitrogen and oxygen atoms in total. The van der Waals surface area contributed by atoms with Crippen molar-refractivity contribution in [2.24, 2.45) is 0 Å². The predicted octanol–water partition coefficient (Wildman–Crippen LogP) is 6.45. The number of hydrogen-bond acceptors (Lipinski definition) is 2. The summed E-state index contributed by atoms with van der Waals surface area (Å²) >= 11 is 12.3. The van der Waals surface area contributed by atoms with E-state index in [1.807, 2.05) is 30.5 Å². The first-order valence-corrected chi connectivity index (χ1v) is 12.3. The van der Waals surface area contributed by atoms with Crippen molar-refractivity contribution >= 4 is 28.9 Å². The highest BCUT2D eigenvalue weighted by Gasteiger charge is 2.44. The molecule has 1 aromatic carbocycles. The van der Waals surface area contributed by atoms with E-state index in [0.29, 0.717) is 6.04 Å². The van der Waals surface area contributed by atoms with Crippen molar-refractivity contribution in [2.45, 2.75) is 64.1 Å². The maximum absolute atomic E-state index is 6.32. The molecule has 1 saturated carbocycles. The number of halogens is 1. The first-order chi connectivity index (χ1) is 15.5. The summed E-state index contributed by atoms with van der Waals surface area (Å²) in [4.78, 5) is 7.19. The number of rotatable bonds is 4. The van der Waals surface area contributed by atoms with Crippen LogP contribution in [0.5, 0.6) is 0 Å². The largest absolute Gasteiger partial charge is 0.352 e. The molecule has 0 amide bonds. The number of hydrogen-bond donors (Lipinski definition) is 1. The smallest absolute Gasteiger partial charge is 0.170 e. The Morgan fingerprint density at radius 2 is 1.84 bits per heavy atom. The van der Waals surface area contributed by atoms with Gasteiger partial charge in [0.15, 0.2) is 5.11 Å². The van der Waals surface area contributed by atoms with Crippen LogP contribution >= 0.6 is 23.8 Å². The van der Waals surface area contributed by atoms with E-state index in [1.165, 1.54) is 49.1 Å². The molecule has 2 aliphatic rings. The van der Waals surface area contributed by atoms with Crippen LogP contribution in [0.3, 0.4) is 0 Å². The third-order valence-corrected chi connectivity index (χ3v) is 7.52. The van der Waals surface area contributed by atoms with Crippen LogP contribution in [-0.4, -0.2) is 25.6 Å². The summed E-state index contributed by atoms with van der Waals surface area (Å²) in [5.74, 6) is 0. The summed E-state index contributed by atoms with van der Waals surface area (Å²) < 4.78 is 2.30. The first kappa shape index (κ1) is 21.5. The molecule has 6 heteroatoms. The highest BCUT2D eigenvalue weighted by atomic mass is 35.5. The molecule has 3 aromatic rings. The van der Waals surface area contributed by atoms with Crippen LogP contribution in [0, 0.1) is 13.8 Å². The molecule has 166 valence electrons. The Morgan fingerprint density at radius 3 is 2.56 bits per heavy atom. The zero-order valence-corrected chi connectivity index (χ0v) is 20.2. The van der Waals surface area contributed by atoms with Crippen molar-refractivity contribution in [3.63, 3.8) is 0 Å². The number of benzene rings is 1. The van der Waals surface area contributed by atoms with Gasteiger partial charge in [0.25, 0.3) is 0 Å². The predicted molar refractivity (Wildman–Crippen MR) is 134 cm³/mol. The average Bonchev–Trinajstić information content (AvgIpc) is 3.30. The molecule has 1 saturated heterocycles. The van der Waals surface area contributed by atoms with Crippen molar-refractivity contribution in [1.29, 1.82) is 0 Å². The van der Waals surface area contributed by atoms with Gasteiger partial charge in [-0.15, -0.1) is 0 Å². The monoisotopic (exact) mass is 464 g/mol. The molecule has 0 spiro atoms. The van der Waals surface area contributed by atoms with Gasteiger partial charge in [-0.05, 0) is 80.9 Å². The van der Waals surface area contributed by atoms with Crippen molar-refractivity contribution in [2.75, 3.05) is 0 Å². The van der Waals surface area contributed by atoms with E-state index in [9.17, 15) is 0 Å².